The molecule has 13 heteroatoms. The molecule has 4 aromatic carbocycles. The second-order valence-electron chi connectivity index (χ2n) is 12.3. The van der Waals surface area contributed by atoms with Gasteiger partial charge >= 0.3 is 12.1 Å². The molecule has 12 nitrogen and oxygen atoms in total. The van der Waals surface area contributed by atoms with Gasteiger partial charge in [0, 0.05) is 12.5 Å². The number of aliphatic imine (C=N–C) groups is 1. The molecule has 0 saturated carbocycles. The molecule has 5 N–H and O–H groups in total. The molecule has 1 amide bonds. The molecule has 268 valence electrons. The van der Waals surface area contributed by atoms with Gasteiger partial charge in [-0.25, -0.2) is 22.7 Å². The number of guanidine groups is 1. The molecular weight excluding hydrogens is 673 g/mol. The quantitative estimate of drug-likeness (QED) is 0.0615. The van der Waals surface area contributed by atoms with Crippen molar-refractivity contribution in [2.24, 2.45) is 10.7 Å². The number of amides is 1. The van der Waals surface area contributed by atoms with Gasteiger partial charge in [-0.1, -0.05) is 60.7 Å². The third kappa shape index (κ3) is 8.61. The average molecular weight is 715 g/mol. The molecule has 4 aromatic rings. The number of nitrogens with one attached hydrogen (secondary N) is 2. The van der Waals surface area contributed by atoms with Gasteiger partial charge in [0.1, 0.15) is 30.8 Å². The minimum absolute atomic E-state index is 0.0437. The van der Waals surface area contributed by atoms with Gasteiger partial charge in [0.2, 0.25) is 5.96 Å². The van der Waals surface area contributed by atoms with Gasteiger partial charge in [-0.05, 0) is 96.3 Å². The van der Waals surface area contributed by atoms with E-state index in [1.807, 2.05) is 48.5 Å². The molecule has 0 unspecified atom stereocenters. The number of benzene rings is 4. The molecule has 0 aliphatic heterocycles. The monoisotopic (exact) mass is 714 g/mol. The Morgan fingerprint density at radius 2 is 1.55 bits per heavy atom. The Bertz CT molecular complexity index is 2000. The minimum atomic E-state index is -4.06. The van der Waals surface area contributed by atoms with E-state index in [4.69, 9.17) is 19.9 Å². The number of phenols is 1. The van der Waals surface area contributed by atoms with E-state index in [0.29, 0.717) is 28.0 Å². The smallest absolute Gasteiger partial charge is 0.407 e. The lowest BCUT2D eigenvalue weighted by atomic mass is 9.98. The van der Waals surface area contributed by atoms with Crippen LogP contribution in [0.25, 0.3) is 11.1 Å². The number of nitrogens with two attached hydrogens (primary N) is 1. The molecule has 1 aliphatic carbocycles. The lowest BCUT2D eigenvalue weighted by Gasteiger charge is -2.19. The predicted octanol–water partition coefficient (Wildman–Crippen LogP) is 5.35. The van der Waals surface area contributed by atoms with E-state index in [0.717, 1.165) is 22.3 Å². The maximum atomic E-state index is 13.2. The second kappa shape index (κ2) is 16.0. The van der Waals surface area contributed by atoms with Crippen molar-refractivity contribution in [2.45, 2.75) is 57.1 Å². The van der Waals surface area contributed by atoms with E-state index in [1.165, 1.54) is 19.2 Å². The van der Waals surface area contributed by atoms with Gasteiger partial charge in [0.15, 0.2) is 0 Å². The fraction of sp³-hybridized carbons (Fsp3) is 0.289. The first-order valence-electron chi connectivity index (χ1n) is 16.4. The lowest BCUT2D eigenvalue weighted by Crippen LogP contribution is -2.42. The summed E-state index contributed by atoms with van der Waals surface area (Å²) in [5.41, 5.74) is 12.6. The maximum Gasteiger partial charge on any atom is 0.407 e. The summed E-state index contributed by atoms with van der Waals surface area (Å²) in [7, 11) is -2.54. The summed E-state index contributed by atoms with van der Waals surface area (Å²) in [4.78, 5) is 30.6. The van der Waals surface area contributed by atoms with Gasteiger partial charge in [-0.3, -0.25) is 4.99 Å². The number of aromatic hydroxyl groups is 1. The standard InChI is InChI=1S/C38H42N4O8S/c1-23-20-34(48-4)24(2)25(3)35(23)51(46,47)42-37(39)40-19-9-14-33(36(44)49-21-26-15-17-27(43)18-16-26)41-38(45)50-22-32-30-12-7-5-10-28(30)29-11-6-8-13-31(29)32/h5-8,10-13,15-18,20,32-33,43H,9,14,19,21-22H2,1-4H3,(H,41,45)(H3,39,40,42)/t33-/m0/s1. The number of rotatable bonds is 13. The van der Waals surface area contributed by atoms with Crippen LogP contribution < -0.4 is 20.5 Å². The minimum Gasteiger partial charge on any atom is -0.508 e. The Kier molecular flexibility index (Phi) is 11.5. The Morgan fingerprint density at radius 1 is 0.922 bits per heavy atom. The zero-order chi connectivity index (χ0) is 36.7. The van der Waals surface area contributed by atoms with Crippen molar-refractivity contribution in [3.63, 3.8) is 0 Å². The van der Waals surface area contributed by atoms with Gasteiger partial charge in [0.25, 0.3) is 10.0 Å². The third-order valence-electron chi connectivity index (χ3n) is 8.88. The molecule has 1 atom stereocenters. The number of methoxy groups -OCH3 is 1. The predicted molar refractivity (Wildman–Crippen MR) is 193 cm³/mol. The number of nitrogens with zero attached hydrogens (tertiary/aromatic N) is 1. The molecule has 1 aliphatic rings. The van der Waals surface area contributed by atoms with Crippen LogP contribution in [0.2, 0.25) is 0 Å². The Balaban J connectivity index is 1.22. The van der Waals surface area contributed by atoms with Crippen molar-refractivity contribution < 1.29 is 37.3 Å². The molecule has 0 fully saturated rings. The molecule has 0 spiro atoms. The molecule has 0 radical (unpaired) electrons. The molecule has 0 heterocycles. The number of ether oxygens (including phenoxy) is 3. The van der Waals surface area contributed by atoms with Gasteiger partial charge in [-0.15, -0.1) is 0 Å². The van der Waals surface area contributed by atoms with Crippen LogP contribution in [0, 0.1) is 20.8 Å². The van der Waals surface area contributed by atoms with E-state index in [1.54, 1.807) is 39.0 Å². The van der Waals surface area contributed by atoms with Crippen LogP contribution in [0.15, 0.2) is 88.8 Å². The largest absolute Gasteiger partial charge is 0.508 e. The van der Waals surface area contributed by atoms with Crippen LogP contribution >= 0.6 is 0 Å². The fourth-order valence-corrected chi connectivity index (χ4v) is 7.72. The SMILES string of the molecule is COc1cc(C)c(S(=O)(=O)NC(N)=NCCC[C@H](NC(=O)OCC2c3ccccc3-c3ccccc32)C(=O)OCc2ccc(O)cc2)c(C)c1C. The highest BCUT2D eigenvalue weighted by molar-refractivity contribution is 7.90. The van der Waals surface area contributed by atoms with Crippen LogP contribution in [0.5, 0.6) is 11.5 Å². The number of phenolic OH excluding ortho intramolecular Hbond substituents is 1. The highest BCUT2D eigenvalue weighted by Gasteiger charge is 2.30. The van der Waals surface area contributed by atoms with Crippen molar-refractivity contribution in [2.75, 3.05) is 20.3 Å². The molecule has 0 aromatic heterocycles. The van der Waals surface area contributed by atoms with Crippen molar-refractivity contribution >= 4 is 28.0 Å². The van der Waals surface area contributed by atoms with Crippen molar-refractivity contribution in [3.05, 3.63) is 112 Å². The average Bonchev–Trinajstić information content (AvgIpc) is 3.43. The summed E-state index contributed by atoms with van der Waals surface area (Å²) in [6, 6.07) is 22.7. The first kappa shape index (κ1) is 36.7. The molecule has 51 heavy (non-hydrogen) atoms. The summed E-state index contributed by atoms with van der Waals surface area (Å²) in [5, 5.41) is 12.2. The zero-order valence-corrected chi connectivity index (χ0v) is 29.8. The van der Waals surface area contributed by atoms with Crippen LogP contribution in [-0.2, 0) is 30.9 Å². The molecule has 0 bridgehead atoms. The maximum absolute atomic E-state index is 13.2. The highest BCUT2D eigenvalue weighted by Crippen LogP contribution is 2.44. The number of sulfonamides is 1. The normalized spacial score (nSPS) is 13.1. The summed E-state index contributed by atoms with van der Waals surface area (Å²) in [5.74, 6) is -0.536. The summed E-state index contributed by atoms with van der Waals surface area (Å²) in [6.07, 6.45) is -0.456. The number of aryl methyl sites for hydroxylation is 1. The second-order valence-corrected chi connectivity index (χ2v) is 13.9. The third-order valence-corrected chi connectivity index (χ3v) is 10.5. The Morgan fingerprint density at radius 3 is 2.18 bits per heavy atom. The van der Waals surface area contributed by atoms with Crippen molar-refractivity contribution in [1.82, 2.24) is 10.0 Å². The van der Waals surface area contributed by atoms with E-state index in [-0.39, 0.29) is 55.1 Å². The number of esters is 1. The molecular formula is C38H42N4O8S. The van der Waals surface area contributed by atoms with Crippen LogP contribution in [0.1, 0.15) is 52.1 Å². The lowest BCUT2D eigenvalue weighted by molar-refractivity contribution is -0.147. The number of carbonyl (C=O) groups excluding carboxylic acids is 2. The number of carbonyl (C=O) groups is 2. The summed E-state index contributed by atoms with van der Waals surface area (Å²) >= 11 is 0. The number of hydrogen-bond acceptors (Lipinski definition) is 9. The Hall–Kier alpha value is -5.56. The fourth-order valence-electron chi connectivity index (χ4n) is 6.24. The van der Waals surface area contributed by atoms with E-state index >= 15 is 0 Å². The van der Waals surface area contributed by atoms with E-state index in [9.17, 15) is 23.1 Å². The summed E-state index contributed by atoms with van der Waals surface area (Å²) in [6.45, 7) is 5.15. The van der Waals surface area contributed by atoms with Crippen LogP contribution in [0.4, 0.5) is 4.79 Å². The first-order valence-corrected chi connectivity index (χ1v) is 17.9. The topological polar surface area (TPSA) is 179 Å². The first-order chi connectivity index (χ1) is 24.4. The van der Waals surface area contributed by atoms with Gasteiger partial charge in [-0.2, -0.15) is 0 Å². The van der Waals surface area contributed by atoms with Crippen LogP contribution in [-0.4, -0.2) is 57.8 Å². The van der Waals surface area contributed by atoms with Crippen molar-refractivity contribution in [3.8, 4) is 22.6 Å². The van der Waals surface area contributed by atoms with E-state index < -0.39 is 28.1 Å². The highest BCUT2D eigenvalue weighted by atomic mass is 32.2. The number of fused-ring (bicyclic) bond motifs is 3. The molecule has 5 rings (SSSR count). The number of hydrogen-bond donors (Lipinski definition) is 4. The zero-order valence-electron chi connectivity index (χ0n) is 28.9. The van der Waals surface area contributed by atoms with Crippen molar-refractivity contribution in [1.29, 1.82) is 0 Å². The van der Waals surface area contributed by atoms with Gasteiger partial charge in [0.05, 0.1) is 12.0 Å². The number of alkyl carbamates (subject to hydrolysis) is 1. The van der Waals surface area contributed by atoms with Crippen LogP contribution in [0.3, 0.4) is 0 Å². The molecule has 0 saturated heterocycles. The van der Waals surface area contributed by atoms with Gasteiger partial charge < -0.3 is 30.4 Å². The van der Waals surface area contributed by atoms with E-state index in [2.05, 4.69) is 15.0 Å². The Labute approximate surface area is 297 Å². The summed E-state index contributed by atoms with van der Waals surface area (Å²) < 4.78 is 45.3.